The van der Waals surface area contributed by atoms with E-state index in [9.17, 15) is 21.6 Å². The Morgan fingerprint density at radius 3 is 2.30 bits per heavy atom. The van der Waals surface area contributed by atoms with Crippen molar-refractivity contribution in [3.8, 4) is 11.5 Å². The summed E-state index contributed by atoms with van der Waals surface area (Å²) < 4.78 is 74.8. The van der Waals surface area contributed by atoms with E-state index in [2.05, 4.69) is 0 Å². The third-order valence-electron chi connectivity index (χ3n) is 4.57. The van der Waals surface area contributed by atoms with E-state index < -0.39 is 33.2 Å². The summed E-state index contributed by atoms with van der Waals surface area (Å²) in [5.41, 5.74) is 5.88. The van der Waals surface area contributed by atoms with Crippen LogP contribution in [-0.2, 0) is 10.0 Å². The molecule has 0 saturated carbocycles. The van der Waals surface area contributed by atoms with Gasteiger partial charge in [-0.2, -0.15) is 0 Å². The maximum atomic E-state index is 15.0. The Morgan fingerprint density at radius 1 is 0.933 bits per heavy atom. The standard InChI is InChI=1S/C21H15F3N2O3S/c1-12-2-5-14(6-3-12)30(27,28)26-9-8-15-19(26)11-17(23)21(20(15)24)29-13-4-7-16(22)18(25)10-13/h2-11H,25H2,1H3. The lowest BCUT2D eigenvalue weighted by Gasteiger charge is -2.11. The predicted molar refractivity (Wildman–Crippen MR) is 107 cm³/mol. The van der Waals surface area contributed by atoms with Gasteiger partial charge in [-0.3, -0.25) is 0 Å². The summed E-state index contributed by atoms with van der Waals surface area (Å²) in [6, 6.07) is 11.4. The average Bonchev–Trinajstić information content (AvgIpc) is 3.13. The van der Waals surface area contributed by atoms with Crippen LogP contribution >= 0.6 is 0 Å². The first-order valence-corrected chi connectivity index (χ1v) is 10.2. The number of hydrogen-bond acceptors (Lipinski definition) is 4. The lowest BCUT2D eigenvalue weighted by molar-refractivity contribution is 0.410. The molecule has 30 heavy (non-hydrogen) atoms. The molecule has 5 nitrogen and oxygen atoms in total. The molecule has 0 aliphatic heterocycles. The van der Waals surface area contributed by atoms with Crippen molar-refractivity contribution >= 4 is 26.6 Å². The second-order valence-electron chi connectivity index (χ2n) is 6.65. The van der Waals surface area contributed by atoms with Crippen LogP contribution in [-0.4, -0.2) is 12.4 Å². The fourth-order valence-corrected chi connectivity index (χ4v) is 4.33. The summed E-state index contributed by atoms with van der Waals surface area (Å²) >= 11 is 0. The van der Waals surface area contributed by atoms with Gasteiger partial charge in [0.15, 0.2) is 17.4 Å². The minimum absolute atomic E-state index is 0.0199. The van der Waals surface area contributed by atoms with Gasteiger partial charge < -0.3 is 10.5 Å². The number of rotatable bonds is 4. The van der Waals surface area contributed by atoms with Crippen LogP contribution in [0.2, 0.25) is 0 Å². The molecule has 0 aliphatic carbocycles. The summed E-state index contributed by atoms with van der Waals surface area (Å²) in [7, 11) is -4.07. The number of nitrogens with two attached hydrogens (primary N) is 1. The van der Waals surface area contributed by atoms with Crippen LogP contribution in [0.4, 0.5) is 18.9 Å². The molecule has 0 bridgehead atoms. The Labute approximate surface area is 170 Å². The molecule has 2 N–H and O–H groups in total. The number of anilines is 1. The van der Waals surface area contributed by atoms with Crippen molar-refractivity contribution in [2.24, 2.45) is 0 Å². The second-order valence-corrected chi connectivity index (χ2v) is 8.46. The van der Waals surface area contributed by atoms with E-state index in [0.717, 1.165) is 33.9 Å². The number of ether oxygens (including phenoxy) is 1. The molecule has 0 unspecified atom stereocenters. The molecule has 0 radical (unpaired) electrons. The SMILES string of the molecule is Cc1ccc(S(=O)(=O)n2ccc3c(F)c(Oc4ccc(F)c(N)c4)c(F)cc32)cc1. The minimum Gasteiger partial charge on any atom is -0.451 e. The number of fused-ring (bicyclic) bond motifs is 1. The third-order valence-corrected chi connectivity index (χ3v) is 6.28. The van der Waals surface area contributed by atoms with Gasteiger partial charge in [0.25, 0.3) is 10.0 Å². The molecule has 0 saturated heterocycles. The lowest BCUT2D eigenvalue weighted by atomic mass is 10.2. The van der Waals surface area contributed by atoms with E-state index in [1.54, 1.807) is 12.1 Å². The van der Waals surface area contributed by atoms with Crippen LogP contribution < -0.4 is 10.5 Å². The molecule has 0 fully saturated rings. The third kappa shape index (κ3) is 3.26. The summed E-state index contributed by atoms with van der Waals surface area (Å²) in [4.78, 5) is -0.0199. The number of halogens is 3. The Hall–Kier alpha value is -3.46. The Kier molecular flexibility index (Phi) is 4.70. The normalized spacial score (nSPS) is 11.7. The first kappa shape index (κ1) is 19.8. The summed E-state index contributed by atoms with van der Waals surface area (Å²) in [5.74, 6) is -3.73. The zero-order chi connectivity index (χ0) is 21.6. The molecule has 1 heterocycles. The van der Waals surface area contributed by atoms with Crippen molar-refractivity contribution in [1.82, 2.24) is 3.97 Å². The number of aromatic nitrogens is 1. The van der Waals surface area contributed by atoms with Crippen molar-refractivity contribution in [3.05, 3.63) is 83.8 Å². The summed E-state index contributed by atoms with van der Waals surface area (Å²) in [6.07, 6.45) is 1.14. The first-order chi connectivity index (χ1) is 14.2. The van der Waals surface area contributed by atoms with Crippen molar-refractivity contribution < 1.29 is 26.3 Å². The zero-order valence-corrected chi connectivity index (χ0v) is 16.4. The largest absolute Gasteiger partial charge is 0.451 e. The van der Waals surface area contributed by atoms with E-state index in [0.29, 0.717) is 0 Å². The van der Waals surface area contributed by atoms with Crippen LogP contribution in [0.1, 0.15) is 5.56 Å². The molecule has 4 rings (SSSR count). The van der Waals surface area contributed by atoms with Gasteiger partial charge in [-0.15, -0.1) is 0 Å². The van der Waals surface area contributed by atoms with Crippen LogP contribution in [0.25, 0.3) is 10.9 Å². The van der Waals surface area contributed by atoms with Crippen LogP contribution in [0.3, 0.4) is 0 Å². The van der Waals surface area contributed by atoms with Gasteiger partial charge in [0.05, 0.1) is 16.1 Å². The number of benzene rings is 3. The molecule has 3 aromatic carbocycles. The summed E-state index contributed by atoms with van der Waals surface area (Å²) in [5, 5.41) is -0.155. The first-order valence-electron chi connectivity index (χ1n) is 8.72. The predicted octanol–water partition coefficient (Wildman–Crippen LogP) is 4.98. The molecule has 9 heteroatoms. The zero-order valence-electron chi connectivity index (χ0n) is 15.6. The maximum Gasteiger partial charge on any atom is 0.268 e. The maximum absolute atomic E-state index is 15.0. The molecule has 154 valence electrons. The topological polar surface area (TPSA) is 74.3 Å². The van der Waals surface area contributed by atoms with Gasteiger partial charge in [0, 0.05) is 23.7 Å². The van der Waals surface area contributed by atoms with Gasteiger partial charge in [-0.25, -0.2) is 25.6 Å². The fourth-order valence-electron chi connectivity index (χ4n) is 3.00. The molecule has 0 aliphatic rings. The Balaban J connectivity index is 1.81. The minimum atomic E-state index is -4.07. The van der Waals surface area contributed by atoms with Crippen LogP contribution in [0, 0.1) is 24.4 Å². The Bertz CT molecular complexity index is 1380. The molecule has 4 aromatic rings. The van der Waals surface area contributed by atoms with Crippen LogP contribution in [0.5, 0.6) is 11.5 Å². The fraction of sp³-hybridized carbons (Fsp3) is 0.0476. The quantitative estimate of drug-likeness (QED) is 0.462. The van der Waals surface area contributed by atoms with Crippen molar-refractivity contribution in [2.75, 3.05) is 5.73 Å². The highest BCUT2D eigenvalue weighted by atomic mass is 32.2. The van der Waals surface area contributed by atoms with E-state index in [1.165, 1.54) is 24.3 Å². The number of nitrogen functional groups attached to an aromatic ring is 1. The Morgan fingerprint density at radius 2 is 1.63 bits per heavy atom. The summed E-state index contributed by atoms with van der Waals surface area (Å²) in [6.45, 7) is 1.81. The van der Waals surface area contributed by atoms with E-state index in [-0.39, 0.29) is 27.2 Å². The number of hydrogen-bond donors (Lipinski definition) is 1. The highest BCUT2D eigenvalue weighted by Crippen LogP contribution is 2.35. The van der Waals surface area contributed by atoms with Crippen molar-refractivity contribution in [1.29, 1.82) is 0 Å². The molecule has 0 amide bonds. The van der Waals surface area contributed by atoms with Gasteiger partial charge in [-0.05, 0) is 37.3 Å². The molecular weight excluding hydrogens is 417 g/mol. The average molecular weight is 432 g/mol. The molecule has 0 spiro atoms. The molecular formula is C21H15F3N2O3S. The van der Waals surface area contributed by atoms with Crippen molar-refractivity contribution in [3.63, 3.8) is 0 Å². The van der Waals surface area contributed by atoms with Crippen molar-refractivity contribution in [2.45, 2.75) is 11.8 Å². The number of nitrogens with zero attached hydrogens (tertiary/aromatic N) is 1. The monoisotopic (exact) mass is 432 g/mol. The van der Waals surface area contributed by atoms with Gasteiger partial charge in [0.2, 0.25) is 0 Å². The van der Waals surface area contributed by atoms with Crippen LogP contribution in [0.15, 0.2) is 65.7 Å². The molecule has 0 atom stereocenters. The van der Waals surface area contributed by atoms with E-state index >= 15 is 0 Å². The smallest absolute Gasteiger partial charge is 0.268 e. The number of aryl methyl sites for hydroxylation is 1. The van der Waals surface area contributed by atoms with E-state index in [1.807, 2.05) is 6.92 Å². The lowest BCUT2D eigenvalue weighted by Crippen LogP contribution is -2.12. The highest BCUT2D eigenvalue weighted by Gasteiger charge is 2.24. The highest BCUT2D eigenvalue weighted by molar-refractivity contribution is 7.90. The molecule has 1 aromatic heterocycles. The second kappa shape index (κ2) is 7.10. The van der Waals surface area contributed by atoms with E-state index in [4.69, 9.17) is 10.5 Å². The van der Waals surface area contributed by atoms with Gasteiger partial charge >= 0.3 is 0 Å². The van der Waals surface area contributed by atoms with Gasteiger partial charge in [-0.1, -0.05) is 17.7 Å². The van der Waals surface area contributed by atoms with Gasteiger partial charge in [0.1, 0.15) is 11.6 Å².